The lowest BCUT2D eigenvalue weighted by atomic mass is 9.94. The van der Waals surface area contributed by atoms with Gasteiger partial charge in [-0.2, -0.15) is 0 Å². The molecule has 4 rings (SSSR count). The van der Waals surface area contributed by atoms with Gasteiger partial charge in [0.2, 0.25) is 0 Å². The Morgan fingerprint density at radius 3 is 2.52 bits per heavy atom. The van der Waals surface area contributed by atoms with Gasteiger partial charge in [-0.3, -0.25) is 4.79 Å². The van der Waals surface area contributed by atoms with Crippen molar-refractivity contribution < 1.29 is 9.18 Å². The third-order valence-corrected chi connectivity index (χ3v) is 5.26. The number of hydrogen-bond donors (Lipinski definition) is 1. The van der Waals surface area contributed by atoms with Crippen molar-refractivity contribution in [3.8, 4) is 0 Å². The van der Waals surface area contributed by atoms with Crippen molar-refractivity contribution in [3.63, 3.8) is 0 Å². The van der Waals surface area contributed by atoms with Crippen molar-refractivity contribution in [3.05, 3.63) is 70.2 Å². The molecule has 2 heterocycles. The van der Waals surface area contributed by atoms with Crippen LogP contribution in [0.5, 0.6) is 0 Å². The molecule has 0 saturated carbocycles. The summed E-state index contributed by atoms with van der Waals surface area (Å²) < 4.78 is 13.1. The zero-order valence-corrected chi connectivity index (χ0v) is 14.7. The van der Waals surface area contributed by atoms with Crippen LogP contribution in [0.25, 0.3) is 10.9 Å². The van der Waals surface area contributed by atoms with Gasteiger partial charge in [0.15, 0.2) is 0 Å². The van der Waals surface area contributed by atoms with E-state index < -0.39 is 0 Å². The smallest absolute Gasteiger partial charge is 0.271 e. The molecule has 0 unspecified atom stereocenters. The Labute approximate surface area is 146 Å². The summed E-state index contributed by atoms with van der Waals surface area (Å²) in [4.78, 5) is 18.3. The van der Waals surface area contributed by atoms with E-state index in [4.69, 9.17) is 0 Å². The van der Waals surface area contributed by atoms with Crippen LogP contribution in [-0.4, -0.2) is 22.3 Å². The first-order chi connectivity index (χ1) is 12.0. The molecule has 1 fully saturated rings. The van der Waals surface area contributed by atoms with E-state index in [2.05, 4.69) is 31.0 Å². The fourth-order valence-corrected chi connectivity index (χ4v) is 3.80. The van der Waals surface area contributed by atoms with Gasteiger partial charge in [0.1, 0.15) is 11.5 Å². The molecule has 4 heteroatoms. The van der Waals surface area contributed by atoms with Gasteiger partial charge < -0.3 is 9.88 Å². The number of hydrogen-bond acceptors (Lipinski definition) is 1. The second kappa shape index (κ2) is 5.73. The summed E-state index contributed by atoms with van der Waals surface area (Å²) in [5.41, 5.74) is 6.02. The molecule has 1 aromatic heterocycles. The minimum absolute atomic E-state index is 0.0197. The maximum absolute atomic E-state index is 13.1. The molecule has 1 aliphatic heterocycles. The maximum atomic E-state index is 13.1. The highest BCUT2D eigenvalue weighted by molar-refractivity contribution is 6.02. The number of H-pyrrole nitrogens is 1. The number of benzene rings is 2. The Kier molecular flexibility index (Phi) is 3.64. The summed E-state index contributed by atoms with van der Waals surface area (Å²) in [7, 11) is 0. The summed E-state index contributed by atoms with van der Waals surface area (Å²) in [6.07, 6.45) is 0.911. The predicted molar refractivity (Wildman–Crippen MR) is 97.3 cm³/mol. The van der Waals surface area contributed by atoms with Crippen LogP contribution >= 0.6 is 0 Å². The van der Waals surface area contributed by atoms with Crippen molar-refractivity contribution in [2.45, 2.75) is 33.2 Å². The SMILES string of the molecule is Cc1cc(C)c2[nH]c(C(=O)N3CC[C@@H]3c3ccc(F)cc3)c(C)c2c1. The van der Waals surface area contributed by atoms with E-state index >= 15 is 0 Å². The third kappa shape index (κ3) is 2.53. The van der Waals surface area contributed by atoms with E-state index in [-0.39, 0.29) is 17.8 Å². The number of aryl methyl sites for hydroxylation is 3. The summed E-state index contributed by atoms with van der Waals surface area (Å²) >= 11 is 0. The molecule has 0 spiro atoms. The number of nitrogens with zero attached hydrogens (tertiary/aromatic N) is 1. The highest BCUT2D eigenvalue weighted by Gasteiger charge is 2.35. The van der Waals surface area contributed by atoms with Crippen molar-refractivity contribution in [1.29, 1.82) is 0 Å². The predicted octanol–water partition coefficient (Wildman–Crippen LogP) is 4.82. The molecule has 1 saturated heterocycles. The van der Waals surface area contributed by atoms with Gasteiger partial charge in [-0.05, 0) is 62.1 Å². The Bertz CT molecular complexity index is 972. The van der Waals surface area contributed by atoms with Gasteiger partial charge in [-0.1, -0.05) is 23.8 Å². The first-order valence-electron chi connectivity index (χ1n) is 8.61. The maximum Gasteiger partial charge on any atom is 0.271 e. The highest BCUT2D eigenvalue weighted by atomic mass is 19.1. The van der Waals surface area contributed by atoms with E-state index in [9.17, 15) is 9.18 Å². The Balaban J connectivity index is 1.69. The number of fused-ring (bicyclic) bond motifs is 1. The highest BCUT2D eigenvalue weighted by Crippen LogP contribution is 2.36. The van der Waals surface area contributed by atoms with E-state index in [0.29, 0.717) is 5.69 Å². The van der Waals surface area contributed by atoms with E-state index in [0.717, 1.165) is 40.6 Å². The lowest BCUT2D eigenvalue weighted by Gasteiger charge is -2.41. The minimum atomic E-state index is -0.252. The first kappa shape index (κ1) is 15.9. The molecule has 1 amide bonds. The summed E-state index contributed by atoms with van der Waals surface area (Å²) in [5, 5.41) is 1.11. The Hall–Kier alpha value is -2.62. The van der Waals surface area contributed by atoms with Gasteiger partial charge in [0, 0.05) is 17.4 Å². The van der Waals surface area contributed by atoms with E-state index in [1.807, 2.05) is 11.8 Å². The third-order valence-electron chi connectivity index (χ3n) is 5.26. The molecular weight excluding hydrogens is 315 g/mol. The molecule has 3 nitrogen and oxygen atoms in total. The Morgan fingerprint density at radius 1 is 1.16 bits per heavy atom. The van der Waals surface area contributed by atoms with E-state index in [1.165, 1.54) is 17.7 Å². The van der Waals surface area contributed by atoms with Gasteiger partial charge >= 0.3 is 0 Å². The largest absolute Gasteiger partial charge is 0.350 e. The number of rotatable bonds is 2. The zero-order valence-electron chi connectivity index (χ0n) is 14.7. The van der Waals surface area contributed by atoms with Crippen LogP contribution in [0.3, 0.4) is 0 Å². The Morgan fingerprint density at radius 2 is 1.88 bits per heavy atom. The van der Waals surface area contributed by atoms with Crippen molar-refractivity contribution >= 4 is 16.8 Å². The van der Waals surface area contributed by atoms with Gasteiger partial charge in [-0.25, -0.2) is 4.39 Å². The normalized spacial score (nSPS) is 17.0. The lowest BCUT2D eigenvalue weighted by molar-refractivity contribution is 0.0454. The van der Waals surface area contributed by atoms with Crippen LogP contribution in [0.4, 0.5) is 4.39 Å². The first-order valence-corrected chi connectivity index (χ1v) is 8.61. The molecule has 1 atom stereocenters. The van der Waals surface area contributed by atoms with Crippen molar-refractivity contribution in [2.75, 3.05) is 6.54 Å². The van der Waals surface area contributed by atoms with Gasteiger partial charge in [-0.15, -0.1) is 0 Å². The lowest BCUT2D eigenvalue weighted by Crippen LogP contribution is -2.45. The van der Waals surface area contributed by atoms with Crippen LogP contribution in [-0.2, 0) is 0 Å². The topological polar surface area (TPSA) is 36.1 Å². The number of likely N-dealkylation sites (tertiary alicyclic amines) is 1. The molecule has 1 aliphatic rings. The molecular formula is C21H21FN2O. The fourth-order valence-electron chi connectivity index (χ4n) is 3.80. The minimum Gasteiger partial charge on any atom is -0.350 e. The molecule has 0 aliphatic carbocycles. The number of amides is 1. The van der Waals surface area contributed by atoms with E-state index in [1.54, 1.807) is 12.1 Å². The molecule has 25 heavy (non-hydrogen) atoms. The number of halogens is 1. The molecule has 128 valence electrons. The summed E-state index contributed by atoms with van der Waals surface area (Å²) in [6.45, 7) is 6.86. The second-order valence-corrected chi connectivity index (χ2v) is 6.98. The zero-order chi connectivity index (χ0) is 17.7. The molecule has 3 aromatic rings. The summed E-state index contributed by atoms with van der Waals surface area (Å²) in [6, 6.07) is 10.7. The van der Waals surface area contributed by atoms with Crippen LogP contribution in [0.1, 0.15) is 45.2 Å². The molecule has 2 aromatic carbocycles. The van der Waals surface area contributed by atoms with Crippen molar-refractivity contribution in [1.82, 2.24) is 9.88 Å². The fraction of sp³-hybridized carbons (Fsp3) is 0.286. The average molecular weight is 336 g/mol. The van der Waals surface area contributed by atoms with Crippen LogP contribution < -0.4 is 0 Å². The molecule has 1 N–H and O–H groups in total. The van der Waals surface area contributed by atoms with Gasteiger partial charge in [0.25, 0.3) is 5.91 Å². The van der Waals surface area contributed by atoms with Crippen molar-refractivity contribution in [2.24, 2.45) is 0 Å². The number of aromatic amines is 1. The quantitative estimate of drug-likeness (QED) is 0.715. The van der Waals surface area contributed by atoms with Gasteiger partial charge in [0.05, 0.1) is 6.04 Å². The van der Waals surface area contributed by atoms with Crippen LogP contribution in [0.2, 0.25) is 0 Å². The summed E-state index contributed by atoms with van der Waals surface area (Å²) in [5.74, 6) is -0.232. The monoisotopic (exact) mass is 336 g/mol. The second-order valence-electron chi connectivity index (χ2n) is 6.98. The number of carbonyl (C=O) groups excluding carboxylic acids is 1. The molecule has 0 radical (unpaired) electrons. The standard InChI is InChI=1S/C21H21FN2O/c1-12-10-13(2)19-17(11-12)14(3)20(23-19)21(25)24-9-8-18(24)15-4-6-16(22)7-5-15/h4-7,10-11,18,23H,8-9H2,1-3H3/t18-/m1/s1. The van der Waals surface area contributed by atoms with Crippen LogP contribution in [0, 0.1) is 26.6 Å². The number of nitrogens with one attached hydrogen (secondary N) is 1. The number of carbonyl (C=O) groups is 1. The number of aromatic nitrogens is 1. The molecule has 0 bridgehead atoms. The average Bonchev–Trinajstić information content (AvgIpc) is 2.86. The van der Waals surface area contributed by atoms with Crippen LogP contribution in [0.15, 0.2) is 36.4 Å².